The number of carbonyl (C=O) groups is 1. The third-order valence-electron chi connectivity index (χ3n) is 3.97. The number of rotatable bonds is 4. The number of hydrogen-bond donors (Lipinski definition) is 0. The molecule has 22 heavy (non-hydrogen) atoms. The number of ether oxygens (including phenoxy) is 1. The molecule has 0 aromatic heterocycles. The molecule has 0 aliphatic carbocycles. The normalized spacial score (nSPS) is 23.8. The second-order valence-electron chi connectivity index (χ2n) is 5.52. The van der Waals surface area contributed by atoms with Crippen molar-refractivity contribution in [1.82, 2.24) is 4.90 Å². The lowest BCUT2D eigenvalue weighted by atomic mass is 10.1. The smallest absolute Gasteiger partial charge is 0.266 e. The molecule has 0 bridgehead atoms. The summed E-state index contributed by atoms with van der Waals surface area (Å²) in [5, 5.41) is 0. The Hall–Kier alpha value is -1.17. The van der Waals surface area contributed by atoms with Gasteiger partial charge in [-0.25, -0.2) is 0 Å². The fourth-order valence-electron chi connectivity index (χ4n) is 2.65. The van der Waals surface area contributed by atoms with E-state index in [1.807, 2.05) is 18.2 Å². The predicted molar refractivity (Wildman–Crippen MR) is 94.7 cm³/mol. The van der Waals surface area contributed by atoms with Gasteiger partial charge in [-0.15, -0.1) is 0 Å². The standard InChI is InChI=1S/C17H19NO2S2/c1-2-12-5-7-13(8-6-12)10-15-16(19)18(17(21)22-15)11-14-4-3-9-20-14/h5-8,10,14H,2-4,9,11H2,1H3/b15-10-/t14-/m0/s1. The van der Waals surface area contributed by atoms with Crippen molar-refractivity contribution in [3.05, 3.63) is 40.3 Å². The van der Waals surface area contributed by atoms with Crippen LogP contribution in [0.5, 0.6) is 0 Å². The highest BCUT2D eigenvalue weighted by Gasteiger charge is 2.34. The minimum atomic E-state index is 0.00469. The van der Waals surface area contributed by atoms with Crippen LogP contribution >= 0.6 is 24.0 Å². The van der Waals surface area contributed by atoms with Crippen molar-refractivity contribution in [3.8, 4) is 0 Å². The molecule has 1 aromatic rings. The van der Waals surface area contributed by atoms with Gasteiger partial charge in [-0.1, -0.05) is 55.2 Å². The van der Waals surface area contributed by atoms with Crippen LogP contribution in [0.25, 0.3) is 6.08 Å². The summed E-state index contributed by atoms with van der Waals surface area (Å²) in [6.07, 6.45) is 5.15. The maximum Gasteiger partial charge on any atom is 0.266 e. The van der Waals surface area contributed by atoms with Gasteiger partial charge >= 0.3 is 0 Å². The Balaban J connectivity index is 1.72. The molecule has 0 spiro atoms. The molecule has 2 fully saturated rings. The topological polar surface area (TPSA) is 29.5 Å². The second-order valence-corrected chi connectivity index (χ2v) is 7.20. The zero-order valence-corrected chi connectivity index (χ0v) is 14.2. The fraction of sp³-hybridized carbons (Fsp3) is 0.412. The molecule has 0 unspecified atom stereocenters. The van der Waals surface area contributed by atoms with Crippen molar-refractivity contribution in [2.45, 2.75) is 32.3 Å². The van der Waals surface area contributed by atoms with E-state index < -0.39 is 0 Å². The van der Waals surface area contributed by atoms with Gasteiger partial charge in [0.1, 0.15) is 4.32 Å². The highest BCUT2D eigenvalue weighted by atomic mass is 32.2. The lowest BCUT2D eigenvalue weighted by Crippen LogP contribution is -2.35. The van der Waals surface area contributed by atoms with Crippen molar-refractivity contribution in [3.63, 3.8) is 0 Å². The molecule has 1 atom stereocenters. The summed E-state index contributed by atoms with van der Waals surface area (Å²) in [4.78, 5) is 14.9. The van der Waals surface area contributed by atoms with Gasteiger partial charge in [-0.3, -0.25) is 9.69 Å². The summed E-state index contributed by atoms with van der Waals surface area (Å²) in [5.74, 6) is 0.00469. The van der Waals surface area contributed by atoms with Crippen molar-refractivity contribution in [2.24, 2.45) is 0 Å². The Morgan fingerprint density at radius 1 is 1.41 bits per heavy atom. The molecule has 2 aliphatic heterocycles. The van der Waals surface area contributed by atoms with Crippen LogP contribution in [-0.2, 0) is 16.0 Å². The molecule has 3 nitrogen and oxygen atoms in total. The summed E-state index contributed by atoms with van der Waals surface area (Å²) in [6.45, 7) is 3.50. The van der Waals surface area contributed by atoms with Gasteiger partial charge in [0.15, 0.2) is 0 Å². The maximum atomic E-state index is 12.5. The lowest BCUT2D eigenvalue weighted by Gasteiger charge is -2.18. The summed E-state index contributed by atoms with van der Waals surface area (Å²) >= 11 is 6.74. The zero-order chi connectivity index (χ0) is 15.5. The highest BCUT2D eigenvalue weighted by molar-refractivity contribution is 8.26. The molecule has 1 aromatic carbocycles. The Labute approximate surface area is 140 Å². The number of aryl methyl sites for hydroxylation is 1. The Kier molecular flexibility index (Phi) is 4.96. The van der Waals surface area contributed by atoms with E-state index in [-0.39, 0.29) is 12.0 Å². The van der Waals surface area contributed by atoms with E-state index >= 15 is 0 Å². The van der Waals surface area contributed by atoms with Gasteiger partial charge in [0.25, 0.3) is 5.91 Å². The van der Waals surface area contributed by atoms with Crippen LogP contribution in [0.2, 0.25) is 0 Å². The Morgan fingerprint density at radius 2 is 2.18 bits per heavy atom. The molecule has 2 heterocycles. The van der Waals surface area contributed by atoms with E-state index in [1.165, 1.54) is 17.3 Å². The minimum Gasteiger partial charge on any atom is -0.376 e. The molecule has 0 radical (unpaired) electrons. The monoisotopic (exact) mass is 333 g/mol. The quantitative estimate of drug-likeness (QED) is 0.622. The number of thioether (sulfide) groups is 1. The number of thiocarbonyl (C=S) groups is 1. The van der Waals surface area contributed by atoms with Crippen molar-refractivity contribution >= 4 is 40.3 Å². The molecule has 0 saturated carbocycles. The predicted octanol–water partition coefficient (Wildman–Crippen LogP) is 3.63. The summed E-state index contributed by atoms with van der Waals surface area (Å²) < 4.78 is 6.24. The zero-order valence-electron chi connectivity index (χ0n) is 12.6. The van der Waals surface area contributed by atoms with Crippen LogP contribution in [0.1, 0.15) is 30.9 Å². The van der Waals surface area contributed by atoms with E-state index in [0.29, 0.717) is 15.8 Å². The molecule has 3 rings (SSSR count). The molecule has 5 heteroatoms. The number of carbonyl (C=O) groups excluding carboxylic acids is 1. The van der Waals surface area contributed by atoms with E-state index in [9.17, 15) is 4.79 Å². The van der Waals surface area contributed by atoms with Crippen LogP contribution in [-0.4, -0.2) is 34.4 Å². The van der Waals surface area contributed by atoms with Crippen LogP contribution < -0.4 is 0 Å². The molecular weight excluding hydrogens is 314 g/mol. The van der Waals surface area contributed by atoms with Crippen molar-refractivity contribution in [1.29, 1.82) is 0 Å². The number of amides is 1. The van der Waals surface area contributed by atoms with Crippen LogP contribution in [0.3, 0.4) is 0 Å². The van der Waals surface area contributed by atoms with E-state index in [4.69, 9.17) is 17.0 Å². The largest absolute Gasteiger partial charge is 0.376 e. The van der Waals surface area contributed by atoms with Crippen LogP contribution in [0.15, 0.2) is 29.2 Å². The van der Waals surface area contributed by atoms with Crippen molar-refractivity contribution in [2.75, 3.05) is 13.2 Å². The third kappa shape index (κ3) is 3.42. The van der Waals surface area contributed by atoms with E-state index in [1.54, 1.807) is 4.90 Å². The average Bonchev–Trinajstić information content (AvgIpc) is 3.13. The SMILES string of the molecule is CCc1ccc(/C=C2\SC(=S)N(C[C@@H]3CCCO3)C2=O)cc1. The first-order valence-electron chi connectivity index (χ1n) is 7.63. The first kappa shape index (κ1) is 15.7. The first-order valence-corrected chi connectivity index (χ1v) is 8.85. The molecule has 2 saturated heterocycles. The molecule has 116 valence electrons. The van der Waals surface area contributed by atoms with Gasteiger partial charge in [0, 0.05) is 6.61 Å². The molecule has 2 aliphatic rings. The molecular formula is C17H19NO2S2. The number of benzene rings is 1. The van der Waals surface area contributed by atoms with Gasteiger partial charge in [-0.05, 0) is 36.5 Å². The number of nitrogens with zero attached hydrogens (tertiary/aromatic N) is 1. The van der Waals surface area contributed by atoms with Gasteiger partial charge in [-0.2, -0.15) is 0 Å². The van der Waals surface area contributed by atoms with Crippen LogP contribution in [0.4, 0.5) is 0 Å². The van der Waals surface area contributed by atoms with Gasteiger partial charge < -0.3 is 4.74 Å². The third-order valence-corrected chi connectivity index (χ3v) is 5.35. The average molecular weight is 333 g/mol. The van der Waals surface area contributed by atoms with Crippen LogP contribution in [0, 0.1) is 0 Å². The maximum absolute atomic E-state index is 12.5. The minimum absolute atomic E-state index is 0.00469. The van der Waals surface area contributed by atoms with Gasteiger partial charge in [0.2, 0.25) is 0 Å². The van der Waals surface area contributed by atoms with Crippen molar-refractivity contribution < 1.29 is 9.53 Å². The number of hydrogen-bond acceptors (Lipinski definition) is 4. The summed E-state index contributed by atoms with van der Waals surface area (Å²) in [6, 6.07) is 8.29. The van der Waals surface area contributed by atoms with E-state index in [2.05, 4.69) is 19.1 Å². The molecule has 0 N–H and O–H groups in total. The second kappa shape index (κ2) is 6.94. The fourth-order valence-corrected chi connectivity index (χ4v) is 3.93. The lowest BCUT2D eigenvalue weighted by molar-refractivity contribution is -0.123. The summed E-state index contributed by atoms with van der Waals surface area (Å²) in [5.41, 5.74) is 2.33. The van der Waals surface area contributed by atoms with E-state index in [0.717, 1.165) is 31.4 Å². The molecule has 1 amide bonds. The highest BCUT2D eigenvalue weighted by Crippen LogP contribution is 2.33. The first-order chi connectivity index (χ1) is 10.7. The Bertz CT molecular complexity index is 604. The summed E-state index contributed by atoms with van der Waals surface area (Å²) in [7, 11) is 0. The Morgan fingerprint density at radius 3 is 2.82 bits per heavy atom. The van der Waals surface area contributed by atoms with Gasteiger partial charge in [0.05, 0.1) is 17.6 Å².